The van der Waals surface area contributed by atoms with Crippen LogP contribution in [0.4, 0.5) is 146 Å². The molecule has 0 aliphatic rings. The standard InChI is InChI=1S/C48H20BF24.C14H15F8N/c1-5-9-13-17(29(54)41(66)25(9)50)33(58)45(70)37(62)21(13)49(22-14-10(6-2)26(51)42(67)30(55)18(14)34(59)46(71)38(22)63,23-15-11(7-3)27(52)43(68)31(56)19(15)35(60)47(72)39(23)64)24-16-12(8-4)28(53)44(69)32(57)20(16)36(61)48(73)40(24)65;1-3-5-23(6-4-2)9-7-8(15)11(16)10(12(9)17)13(18,19)14(20,21)22/h5-8H2,1-4H3;7H,3-6H2,1-2H3/q-1;/p+1. The van der Waals surface area contributed by atoms with Crippen molar-refractivity contribution in [3.05, 3.63) is 191 Å². The summed E-state index contributed by atoms with van der Waals surface area (Å²) in [5.41, 5.74) is -22.8. The van der Waals surface area contributed by atoms with Crippen molar-refractivity contribution in [3.8, 4) is 0 Å². The second-order valence-electron chi connectivity index (χ2n) is 21.5. The van der Waals surface area contributed by atoms with Gasteiger partial charge >= 0.3 is 12.1 Å². The molecule has 0 amide bonds. The number of rotatable bonds is 14. The van der Waals surface area contributed by atoms with Crippen LogP contribution in [-0.2, 0) is 31.6 Å². The maximum atomic E-state index is 18.1. The van der Waals surface area contributed by atoms with Gasteiger partial charge in [-0.15, -0.1) is 21.9 Å². The van der Waals surface area contributed by atoms with E-state index < -0.39 is 299 Å². The Morgan fingerprint density at radius 3 is 0.688 bits per heavy atom. The van der Waals surface area contributed by atoms with Gasteiger partial charge in [0.2, 0.25) is 0 Å². The number of aryl methyl sites for hydroxylation is 4. The zero-order chi connectivity index (χ0) is 72.4. The van der Waals surface area contributed by atoms with Gasteiger partial charge in [0.25, 0.3) is 0 Å². The fourth-order valence-corrected chi connectivity index (χ4v) is 12.7. The summed E-state index contributed by atoms with van der Waals surface area (Å²) < 4.78 is 504. The Labute approximate surface area is 517 Å². The summed E-state index contributed by atoms with van der Waals surface area (Å²) in [6.07, 6.45) is -18.3. The first-order valence-corrected chi connectivity index (χ1v) is 27.9. The van der Waals surface area contributed by atoms with Crippen molar-refractivity contribution < 1.29 is 145 Å². The van der Waals surface area contributed by atoms with Crippen molar-refractivity contribution >= 4 is 76.8 Å². The second-order valence-corrected chi connectivity index (χ2v) is 21.5. The van der Waals surface area contributed by atoms with Gasteiger partial charge in [0.15, 0.2) is 139 Å². The Balaban J connectivity index is 0.000000434. The SMILES string of the molecule is CCC[NH+](CCC)c1cc(F)c(F)c(C(F)(F)C(F)(F)F)c1F.CCc1c(F)c(F)c(F)c2c(F)c(F)c(F)c([B-](c3c(F)c(F)c(F)c4c(F)c(F)c(F)c(CC)c34)(c3c(F)c(F)c(F)c4c(F)c(F)c(F)c(CC)c34)c3c(F)c(F)c(F)c4c(F)c(F)c(F)c(CC)c34)c12. The maximum absolute atomic E-state index is 18.1. The van der Waals surface area contributed by atoms with Crippen molar-refractivity contribution in [2.24, 2.45) is 0 Å². The first-order valence-electron chi connectivity index (χ1n) is 27.9. The molecular formula is C62H36BF32N. The van der Waals surface area contributed by atoms with Gasteiger partial charge in [-0.25, -0.2) is 114 Å². The molecule has 0 heterocycles. The minimum Gasteiger partial charge on any atom is -0.300 e. The van der Waals surface area contributed by atoms with E-state index in [9.17, 15) is 35.1 Å². The highest BCUT2D eigenvalue weighted by atomic mass is 19.4. The van der Waals surface area contributed by atoms with Crippen LogP contribution >= 0.6 is 0 Å². The number of nitrogens with one attached hydrogen (secondary N) is 1. The number of alkyl halides is 5. The minimum atomic E-state index is -7.12. The molecule has 0 aromatic heterocycles. The van der Waals surface area contributed by atoms with Gasteiger partial charge in [-0.05, 0) is 82.3 Å². The Kier molecular flexibility index (Phi) is 19.9. The molecule has 0 spiro atoms. The van der Waals surface area contributed by atoms with E-state index in [0.29, 0.717) is 46.6 Å². The van der Waals surface area contributed by atoms with Gasteiger partial charge in [0.1, 0.15) is 35.0 Å². The lowest BCUT2D eigenvalue weighted by molar-refractivity contribution is -0.834. The number of halogens is 32. The van der Waals surface area contributed by atoms with Crippen molar-refractivity contribution in [3.63, 3.8) is 0 Å². The summed E-state index contributed by atoms with van der Waals surface area (Å²) >= 11 is 0. The normalized spacial score (nSPS) is 12.5. The smallest absolute Gasteiger partial charge is 0.300 e. The third-order valence-corrected chi connectivity index (χ3v) is 16.6. The monoisotopic (exact) mass is 1410 g/mol. The molecule has 1 nitrogen and oxygen atoms in total. The van der Waals surface area contributed by atoms with E-state index >= 15 is 105 Å². The first kappa shape index (κ1) is 73.6. The number of hydrogen-bond donors (Lipinski definition) is 1. The topological polar surface area (TPSA) is 4.44 Å². The largest absolute Gasteiger partial charge is 0.458 e. The molecule has 34 heteroatoms. The summed E-state index contributed by atoms with van der Waals surface area (Å²) in [6.45, 7) is 6.13. The zero-order valence-electron chi connectivity index (χ0n) is 48.9. The van der Waals surface area contributed by atoms with E-state index in [1.54, 1.807) is 13.8 Å². The van der Waals surface area contributed by atoms with Crippen molar-refractivity contribution in [1.29, 1.82) is 0 Å². The maximum Gasteiger partial charge on any atom is 0.458 e. The summed E-state index contributed by atoms with van der Waals surface area (Å²) in [5.74, 6) is -87.1. The first-order chi connectivity index (χ1) is 44.6. The predicted octanol–water partition coefficient (Wildman–Crippen LogP) is 17.4. The summed E-state index contributed by atoms with van der Waals surface area (Å²) in [6, 6.07) is 0.335. The molecule has 9 aromatic carbocycles. The van der Waals surface area contributed by atoms with Crippen LogP contribution in [0.15, 0.2) is 6.07 Å². The van der Waals surface area contributed by atoms with Gasteiger partial charge < -0.3 is 0 Å². The van der Waals surface area contributed by atoms with Gasteiger partial charge in [0.05, 0.1) is 34.6 Å². The lowest BCUT2D eigenvalue weighted by Crippen LogP contribution is -3.07. The van der Waals surface area contributed by atoms with E-state index in [2.05, 4.69) is 0 Å². The molecule has 0 fully saturated rings. The molecule has 0 saturated heterocycles. The highest BCUT2D eigenvalue weighted by molar-refractivity contribution is 7.23. The third-order valence-electron chi connectivity index (χ3n) is 16.6. The Hall–Kier alpha value is -8.20. The molecule has 0 radical (unpaired) electrons. The van der Waals surface area contributed by atoms with Gasteiger partial charge in [-0.1, -0.05) is 41.5 Å². The molecule has 0 aliphatic heterocycles. The molecule has 0 bridgehead atoms. The average Bonchev–Trinajstić information content (AvgIpc) is 0.661. The lowest BCUT2D eigenvalue weighted by Gasteiger charge is -2.48. The fraction of sp³-hybridized carbons (Fsp3) is 0.258. The number of hydrogen-bond acceptors (Lipinski definition) is 0. The molecule has 9 rings (SSSR count). The molecule has 516 valence electrons. The second kappa shape index (κ2) is 26.0. The Morgan fingerprint density at radius 1 is 0.271 bits per heavy atom. The molecule has 96 heavy (non-hydrogen) atoms. The zero-order valence-corrected chi connectivity index (χ0v) is 48.9. The molecule has 0 aliphatic carbocycles. The van der Waals surface area contributed by atoms with Crippen molar-refractivity contribution in [2.75, 3.05) is 13.1 Å². The Morgan fingerprint density at radius 2 is 0.490 bits per heavy atom. The summed E-state index contributed by atoms with van der Waals surface area (Å²) in [7, 11) is 0. The average molecular weight is 1410 g/mol. The summed E-state index contributed by atoms with van der Waals surface area (Å²) in [5, 5.41) is -19.9. The molecule has 0 saturated carbocycles. The Bertz CT molecular complexity index is 4250. The highest BCUT2D eigenvalue weighted by Crippen LogP contribution is 2.48. The molecule has 0 atom stereocenters. The molecule has 0 unspecified atom stereocenters. The van der Waals surface area contributed by atoms with Crippen molar-refractivity contribution in [2.45, 2.75) is 92.2 Å². The van der Waals surface area contributed by atoms with Crippen LogP contribution in [0.1, 0.15) is 82.2 Å². The van der Waals surface area contributed by atoms with Crippen molar-refractivity contribution in [1.82, 2.24) is 0 Å². The van der Waals surface area contributed by atoms with Crippen LogP contribution in [0.3, 0.4) is 0 Å². The minimum absolute atomic E-state index is 0.172. The van der Waals surface area contributed by atoms with Crippen LogP contribution in [0.25, 0.3) is 43.1 Å². The fourth-order valence-electron chi connectivity index (χ4n) is 12.7. The van der Waals surface area contributed by atoms with E-state index in [1.807, 2.05) is 0 Å². The van der Waals surface area contributed by atoms with Crippen LogP contribution < -0.4 is 26.8 Å². The highest BCUT2D eigenvalue weighted by Gasteiger charge is 2.62. The van der Waals surface area contributed by atoms with Crippen LogP contribution in [0.2, 0.25) is 0 Å². The molecule has 1 N–H and O–H groups in total. The predicted molar refractivity (Wildman–Crippen MR) is 284 cm³/mol. The number of quaternary nitrogens is 1. The third kappa shape index (κ3) is 10.3. The van der Waals surface area contributed by atoms with Crippen LogP contribution in [0, 0.1) is 157 Å². The van der Waals surface area contributed by atoms with E-state index in [4.69, 9.17) is 0 Å². The molecular weight excluding hydrogens is 1380 g/mol. The lowest BCUT2D eigenvalue weighted by atomic mass is 9.11. The van der Waals surface area contributed by atoms with Crippen LogP contribution in [0.5, 0.6) is 0 Å². The van der Waals surface area contributed by atoms with Crippen LogP contribution in [-0.4, -0.2) is 25.4 Å². The number of benzene rings is 9. The quantitative estimate of drug-likeness (QED) is 0.0479. The van der Waals surface area contributed by atoms with E-state index in [1.165, 1.54) is 0 Å². The number of fused-ring (bicyclic) bond motifs is 4. The van der Waals surface area contributed by atoms with Gasteiger partial charge in [-0.3, -0.25) is 4.90 Å². The van der Waals surface area contributed by atoms with E-state index in [-0.39, 0.29) is 18.0 Å². The summed E-state index contributed by atoms with van der Waals surface area (Å²) in [4.78, 5) is 0.172. The van der Waals surface area contributed by atoms with Gasteiger partial charge in [-0.2, -0.15) is 26.3 Å². The van der Waals surface area contributed by atoms with Gasteiger partial charge in [0, 0.05) is 6.07 Å². The van der Waals surface area contributed by atoms with E-state index in [0.717, 1.165) is 0 Å². The molecule has 9 aromatic rings.